The summed E-state index contributed by atoms with van der Waals surface area (Å²) >= 11 is 0. The SMILES string of the molecule is CCC(=O)COCO. The first-order chi connectivity index (χ1) is 3.81. The van der Waals surface area contributed by atoms with Crippen LogP contribution in [0.3, 0.4) is 0 Å². The maximum atomic E-state index is 10.3. The van der Waals surface area contributed by atoms with Crippen molar-refractivity contribution in [3.8, 4) is 0 Å². The summed E-state index contributed by atoms with van der Waals surface area (Å²) in [5, 5.41) is 8.04. The van der Waals surface area contributed by atoms with Crippen molar-refractivity contribution in [1.82, 2.24) is 0 Å². The zero-order valence-electron chi connectivity index (χ0n) is 4.89. The van der Waals surface area contributed by atoms with Crippen LogP contribution in [0.5, 0.6) is 0 Å². The second kappa shape index (κ2) is 4.74. The lowest BCUT2D eigenvalue weighted by atomic mass is 10.3. The zero-order chi connectivity index (χ0) is 6.41. The molecule has 0 aliphatic carbocycles. The molecule has 0 saturated carbocycles. The van der Waals surface area contributed by atoms with Gasteiger partial charge in [-0.3, -0.25) is 4.79 Å². The van der Waals surface area contributed by atoms with Gasteiger partial charge in [0.25, 0.3) is 0 Å². The number of Topliss-reactive ketones (excluding diaryl/α,β-unsaturated/α-hetero) is 1. The molecule has 0 aliphatic rings. The first-order valence-corrected chi connectivity index (χ1v) is 2.51. The van der Waals surface area contributed by atoms with Gasteiger partial charge in [0.2, 0.25) is 0 Å². The van der Waals surface area contributed by atoms with Crippen LogP contribution < -0.4 is 0 Å². The lowest BCUT2D eigenvalue weighted by Gasteiger charge is -1.94. The maximum absolute atomic E-state index is 10.3. The fourth-order valence-electron chi connectivity index (χ4n) is 0.262. The van der Waals surface area contributed by atoms with Crippen molar-refractivity contribution in [2.45, 2.75) is 13.3 Å². The lowest BCUT2D eigenvalue weighted by molar-refractivity contribution is -0.126. The summed E-state index contributed by atoms with van der Waals surface area (Å²) in [5.74, 6) is 0.0130. The van der Waals surface area contributed by atoms with Gasteiger partial charge in [-0.05, 0) is 0 Å². The van der Waals surface area contributed by atoms with Crippen molar-refractivity contribution in [2.75, 3.05) is 13.4 Å². The van der Waals surface area contributed by atoms with E-state index < -0.39 is 0 Å². The fourth-order valence-corrected chi connectivity index (χ4v) is 0.262. The molecule has 0 saturated heterocycles. The molecule has 0 aromatic rings. The van der Waals surface area contributed by atoms with E-state index in [1.165, 1.54) is 0 Å². The molecule has 0 fully saturated rings. The number of hydrogen-bond acceptors (Lipinski definition) is 3. The summed E-state index contributed by atoms with van der Waals surface area (Å²) in [6, 6.07) is 0. The Kier molecular flexibility index (Phi) is 4.50. The standard InChI is InChI=1S/C5H10O3/c1-2-5(7)3-8-4-6/h6H,2-4H2,1H3. The highest BCUT2D eigenvalue weighted by atomic mass is 16.6. The number of hydrogen-bond donors (Lipinski definition) is 1. The maximum Gasteiger partial charge on any atom is 0.158 e. The predicted molar refractivity (Wildman–Crippen MR) is 28.3 cm³/mol. The number of aliphatic hydroxyl groups is 1. The summed E-state index contributed by atoms with van der Waals surface area (Å²) in [6.45, 7) is 1.42. The largest absolute Gasteiger partial charge is 0.371 e. The summed E-state index contributed by atoms with van der Waals surface area (Å²) < 4.78 is 4.39. The van der Waals surface area contributed by atoms with Gasteiger partial charge in [-0.1, -0.05) is 6.92 Å². The van der Waals surface area contributed by atoms with E-state index in [0.717, 1.165) is 0 Å². The number of carbonyl (C=O) groups is 1. The van der Waals surface area contributed by atoms with Gasteiger partial charge in [0.1, 0.15) is 13.4 Å². The highest BCUT2D eigenvalue weighted by Gasteiger charge is 1.94. The van der Waals surface area contributed by atoms with Crippen molar-refractivity contribution in [3.63, 3.8) is 0 Å². The topological polar surface area (TPSA) is 46.5 Å². The average Bonchev–Trinajstić information content (AvgIpc) is 1.83. The minimum atomic E-state index is -0.369. The van der Waals surface area contributed by atoms with Crippen molar-refractivity contribution < 1.29 is 14.6 Å². The summed E-state index contributed by atoms with van der Waals surface area (Å²) in [7, 11) is 0. The van der Waals surface area contributed by atoms with Gasteiger partial charge in [-0.2, -0.15) is 0 Å². The Bertz CT molecular complexity index is 70.1. The van der Waals surface area contributed by atoms with Gasteiger partial charge < -0.3 is 9.84 Å². The van der Waals surface area contributed by atoms with E-state index in [4.69, 9.17) is 5.11 Å². The molecule has 1 N–H and O–H groups in total. The molecule has 0 radical (unpaired) electrons. The van der Waals surface area contributed by atoms with E-state index in [0.29, 0.717) is 6.42 Å². The van der Waals surface area contributed by atoms with Crippen LogP contribution in [-0.4, -0.2) is 24.3 Å². The van der Waals surface area contributed by atoms with E-state index >= 15 is 0 Å². The van der Waals surface area contributed by atoms with Crippen molar-refractivity contribution in [3.05, 3.63) is 0 Å². The van der Waals surface area contributed by atoms with Crippen LogP contribution in [0.1, 0.15) is 13.3 Å². The lowest BCUT2D eigenvalue weighted by Crippen LogP contribution is -2.06. The van der Waals surface area contributed by atoms with Crippen LogP contribution in [0, 0.1) is 0 Å². The first kappa shape index (κ1) is 7.59. The van der Waals surface area contributed by atoms with Crippen LogP contribution >= 0.6 is 0 Å². The van der Waals surface area contributed by atoms with Crippen LogP contribution in [0.2, 0.25) is 0 Å². The van der Waals surface area contributed by atoms with Gasteiger partial charge in [-0.25, -0.2) is 0 Å². The number of rotatable bonds is 4. The molecule has 0 amide bonds. The van der Waals surface area contributed by atoms with Gasteiger partial charge >= 0.3 is 0 Å². The number of carbonyl (C=O) groups excluding carboxylic acids is 1. The highest BCUT2D eigenvalue weighted by molar-refractivity contribution is 5.79. The normalized spacial score (nSPS) is 9.25. The van der Waals surface area contributed by atoms with Crippen LogP contribution in [-0.2, 0) is 9.53 Å². The Morgan fingerprint density at radius 3 is 2.75 bits per heavy atom. The Balaban J connectivity index is 2.99. The number of aliphatic hydroxyl groups excluding tert-OH is 1. The van der Waals surface area contributed by atoms with E-state index in [9.17, 15) is 4.79 Å². The highest BCUT2D eigenvalue weighted by Crippen LogP contribution is 1.80. The minimum Gasteiger partial charge on any atom is -0.371 e. The summed E-state index contributed by atoms with van der Waals surface area (Å²) in [5.41, 5.74) is 0. The minimum absolute atomic E-state index is 0.0130. The van der Waals surface area contributed by atoms with Crippen LogP contribution in [0.25, 0.3) is 0 Å². The second-order valence-electron chi connectivity index (χ2n) is 1.37. The third-order valence-electron chi connectivity index (χ3n) is 0.749. The molecule has 3 heteroatoms. The molecule has 0 spiro atoms. The third kappa shape index (κ3) is 3.77. The van der Waals surface area contributed by atoms with Gasteiger partial charge in [0, 0.05) is 6.42 Å². The monoisotopic (exact) mass is 118 g/mol. The molecule has 0 aromatic carbocycles. The number of ether oxygens (including phenoxy) is 1. The molecule has 0 bridgehead atoms. The van der Waals surface area contributed by atoms with Crippen molar-refractivity contribution in [1.29, 1.82) is 0 Å². The molecule has 0 aliphatic heterocycles. The molecule has 0 aromatic heterocycles. The zero-order valence-corrected chi connectivity index (χ0v) is 4.89. The Hall–Kier alpha value is -0.410. The molecule has 0 atom stereocenters. The van der Waals surface area contributed by atoms with Gasteiger partial charge in [-0.15, -0.1) is 0 Å². The summed E-state index contributed by atoms with van der Waals surface area (Å²) in [4.78, 5) is 10.3. The summed E-state index contributed by atoms with van der Waals surface area (Å²) in [6.07, 6.45) is 0.472. The quantitative estimate of drug-likeness (QED) is 0.526. The van der Waals surface area contributed by atoms with Crippen LogP contribution in [0.4, 0.5) is 0 Å². The first-order valence-electron chi connectivity index (χ1n) is 2.51. The van der Waals surface area contributed by atoms with Crippen molar-refractivity contribution in [2.24, 2.45) is 0 Å². The second-order valence-corrected chi connectivity index (χ2v) is 1.37. The van der Waals surface area contributed by atoms with E-state index in [2.05, 4.69) is 4.74 Å². The van der Waals surface area contributed by atoms with E-state index in [1.54, 1.807) is 6.92 Å². The molecule has 3 nitrogen and oxygen atoms in total. The van der Waals surface area contributed by atoms with Crippen LogP contribution in [0.15, 0.2) is 0 Å². The van der Waals surface area contributed by atoms with Crippen molar-refractivity contribution >= 4 is 5.78 Å². The Labute approximate surface area is 48.3 Å². The molecular formula is C5H10O3. The van der Waals surface area contributed by atoms with Gasteiger partial charge in [0.15, 0.2) is 5.78 Å². The molecule has 0 rings (SSSR count). The molecule has 0 heterocycles. The molecule has 48 valence electrons. The smallest absolute Gasteiger partial charge is 0.158 e. The third-order valence-corrected chi connectivity index (χ3v) is 0.749. The Morgan fingerprint density at radius 1 is 1.75 bits per heavy atom. The van der Waals surface area contributed by atoms with E-state index in [-0.39, 0.29) is 19.2 Å². The predicted octanol–water partition coefficient (Wildman–Crippen LogP) is -0.0681. The molecule has 0 unspecified atom stereocenters. The molecule has 8 heavy (non-hydrogen) atoms. The molecular weight excluding hydrogens is 108 g/mol. The Morgan fingerprint density at radius 2 is 2.38 bits per heavy atom. The van der Waals surface area contributed by atoms with E-state index in [1.807, 2.05) is 0 Å². The fraction of sp³-hybridized carbons (Fsp3) is 0.800. The average molecular weight is 118 g/mol. The number of ketones is 1. The van der Waals surface area contributed by atoms with Gasteiger partial charge in [0.05, 0.1) is 0 Å².